The summed E-state index contributed by atoms with van der Waals surface area (Å²) in [7, 11) is 1.63. The fraction of sp³-hybridized carbons (Fsp3) is 0.882. The molecule has 0 saturated carbocycles. The van der Waals surface area contributed by atoms with E-state index in [1.807, 2.05) is 25.7 Å². The zero-order valence-electron chi connectivity index (χ0n) is 15.3. The maximum Gasteiger partial charge on any atom is 0.410 e. The van der Waals surface area contributed by atoms with Crippen LogP contribution in [0.5, 0.6) is 0 Å². The van der Waals surface area contributed by atoms with E-state index >= 15 is 0 Å². The minimum atomic E-state index is -0.579. The summed E-state index contributed by atoms with van der Waals surface area (Å²) in [6, 6.07) is 0. The first-order valence-electron chi connectivity index (χ1n) is 8.61. The number of methoxy groups -OCH3 is 1. The van der Waals surface area contributed by atoms with Crippen LogP contribution in [-0.2, 0) is 19.0 Å². The van der Waals surface area contributed by atoms with Gasteiger partial charge in [0.1, 0.15) is 5.60 Å². The van der Waals surface area contributed by atoms with E-state index in [2.05, 4.69) is 0 Å². The van der Waals surface area contributed by atoms with Crippen LogP contribution in [0.2, 0.25) is 0 Å². The molecule has 0 N–H and O–H groups in total. The van der Waals surface area contributed by atoms with Crippen LogP contribution in [0.4, 0.5) is 4.79 Å². The van der Waals surface area contributed by atoms with Gasteiger partial charge in [-0.25, -0.2) is 4.79 Å². The molecule has 0 bridgehead atoms. The summed E-state index contributed by atoms with van der Waals surface area (Å²) >= 11 is 0. The topological polar surface area (TPSA) is 68.3 Å². The number of hydrogen-bond acceptors (Lipinski definition) is 5. The van der Waals surface area contributed by atoms with Crippen LogP contribution in [0, 0.1) is 5.41 Å². The van der Waals surface area contributed by atoms with Crippen LogP contribution < -0.4 is 0 Å². The van der Waals surface area contributed by atoms with Crippen LogP contribution in [-0.4, -0.2) is 80.5 Å². The van der Waals surface area contributed by atoms with Gasteiger partial charge in [-0.1, -0.05) is 0 Å². The van der Waals surface area contributed by atoms with Crippen molar-refractivity contribution in [3.05, 3.63) is 0 Å². The lowest BCUT2D eigenvalue weighted by molar-refractivity contribution is -0.146. The highest BCUT2D eigenvalue weighted by molar-refractivity contribution is 5.84. The Labute approximate surface area is 144 Å². The molecule has 138 valence electrons. The number of hydrogen-bond donors (Lipinski definition) is 0. The molecule has 2 rings (SSSR count). The molecular weight excluding hydrogens is 312 g/mol. The van der Waals surface area contributed by atoms with Crippen LogP contribution >= 0.6 is 0 Å². The second kappa shape index (κ2) is 7.70. The van der Waals surface area contributed by atoms with Crippen LogP contribution in [0.25, 0.3) is 0 Å². The van der Waals surface area contributed by atoms with E-state index in [1.54, 1.807) is 12.0 Å². The van der Waals surface area contributed by atoms with Gasteiger partial charge in [-0.05, 0) is 33.6 Å². The van der Waals surface area contributed by atoms with Gasteiger partial charge in [0.2, 0.25) is 5.91 Å². The molecule has 2 aliphatic heterocycles. The van der Waals surface area contributed by atoms with E-state index in [9.17, 15) is 9.59 Å². The van der Waals surface area contributed by atoms with Crippen molar-refractivity contribution in [1.29, 1.82) is 0 Å². The first kappa shape index (κ1) is 19.0. The normalized spacial score (nSPS) is 25.0. The van der Waals surface area contributed by atoms with Crippen molar-refractivity contribution in [3.8, 4) is 0 Å². The standard InChI is InChI=1S/C17H30N2O5/c1-16(2,3)24-15(21)19-7-5-17(13-19,6-10-22-4)14(20)18-8-11-23-12-9-18/h5-13H2,1-4H3/t17-/m0/s1. The molecule has 7 nitrogen and oxygen atoms in total. The number of morpholine rings is 1. The molecule has 0 radical (unpaired) electrons. The molecule has 0 aromatic heterocycles. The van der Waals surface area contributed by atoms with Crippen molar-refractivity contribution in [1.82, 2.24) is 9.80 Å². The molecule has 7 heteroatoms. The predicted molar refractivity (Wildman–Crippen MR) is 88.7 cm³/mol. The van der Waals surface area contributed by atoms with Crippen molar-refractivity contribution < 1.29 is 23.8 Å². The van der Waals surface area contributed by atoms with E-state index in [0.29, 0.717) is 58.8 Å². The Balaban J connectivity index is 2.08. The highest BCUT2D eigenvalue weighted by atomic mass is 16.6. The Morgan fingerprint density at radius 1 is 1.12 bits per heavy atom. The number of carbonyl (C=O) groups is 2. The largest absolute Gasteiger partial charge is 0.444 e. The lowest BCUT2D eigenvalue weighted by atomic mass is 9.82. The average Bonchev–Trinajstić information content (AvgIpc) is 2.97. The number of carbonyl (C=O) groups excluding carboxylic acids is 2. The van der Waals surface area contributed by atoms with E-state index < -0.39 is 11.0 Å². The lowest BCUT2D eigenvalue weighted by Gasteiger charge is -2.36. The van der Waals surface area contributed by atoms with E-state index in [-0.39, 0.29) is 12.0 Å². The van der Waals surface area contributed by atoms with Gasteiger partial charge < -0.3 is 24.0 Å². The average molecular weight is 342 g/mol. The van der Waals surface area contributed by atoms with E-state index in [0.717, 1.165) is 0 Å². The molecule has 2 aliphatic rings. The SMILES string of the molecule is COCC[C@@]1(C(=O)N2CCOCC2)CCN(C(=O)OC(C)(C)C)C1. The van der Waals surface area contributed by atoms with Crippen molar-refractivity contribution in [2.24, 2.45) is 5.41 Å². The van der Waals surface area contributed by atoms with Gasteiger partial charge in [0.25, 0.3) is 0 Å². The Kier molecular flexibility index (Phi) is 6.09. The summed E-state index contributed by atoms with van der Waals surface area (Å²) in [5.41, 5.74) is -1.12. The molecule has 0 aromatic carbocycles. The second-order valence-electron chi connectivity index (χ2n) is 7.58. The molecule has 1 atom stereocenters. The van der Waals surface area contributed by atoms with Gasteiger partial charge in [0.15, 0.2) is 0 Å². The first-order valence-corrected chi connectivity index (χ1v) is 8.61. The highest BCUT2D eigenvalue weighted by Gasteiger charge is 2.48. The number of amides is 2. The molecule has 0 spiro atoms. The Hall–Kier alpha value is -1.34. The van der Waals surface area contributed by atoms with Gasteiger partial charge in [-0.3, -0.25) is 4.79 Å². The minimum Gasteiger partial charge on any atom is -0.444 e. The predicted octanol–water partition coefficient (Wildman–Crippen LogP) is 1.51. The zero-order valence-corrected chi connectivity index (χ0v) is 15.3. The second-order valence-corrected chi connectivity index (χ2v) is 7.58. The fourth-order valence-electron chi connectivity index (χ4n) is 3.24. The monoisotopic (exact) mass is 342 g/mol. The van der Waals surface area contributed by atoms with E-state index in [4.69, 9.17) is 14.2 Å². The third-order valence-electron chi connectivity index (χ3n) is 4.54. The van der Waals surface area contributed by atoms with Gasteiger partial charge in [-0.15, -0.1) is 0 Å². The molecule has 2 fully saturated rings. The Morgan fingerprint density at radius 3 is 2.38 bits per heavy atom. The summed E-state index contributed by atoms with van der Waals surface area (Å²) in [4.78, 5) is 29.0. The maximum atomic E-state index is 13.1. The molecule has 0 unspecified atom stereocenters. The number of nitrogens with zero attached hydrogens (tertiary/aromatic N) is 2. The van der Waals surface area contributed by atoms with Crippen LogP contribution in [0.1, 0.15) is 33.6 Å². The van der Waals surface area contributed by atoms with Crippen molar-refractivity contribution in [2.75, 3.05) is 53.1 Å². The van der Waals surface area contributed by atoms with Gasteiger partial charge >= 0.3 is 6.09 Å². The van der Waals surface area contributed by atoms with Crippen LogP contribution in [0.15, 0.2) is 0 Å². The summed E-state index contributed by atoms with van der Waals surface area (Å²) in [5, 5.41) is 0. The molecule has 2 heterocycles. The molecular formula is C17H30N2O5. The van der Waals surface area contributed by atoms with Gasteiger partial charge in [-0.2, -0.15) is 0 Å². The van der Waals surface area contributed by atoms with Crippen LogP contribution in [0.3, 0.4) is 0 Å². The zero-order chi connectivity index (χ0) is 17.8. The third-order valence-corrected chi connectivity index (χ3v) is 4.54. The molecule has 24 heavy (non-hydrogen) atoms. The summed E-state index contributed by atoms with van der Waals surface area (Å²) in [6.45, 7) is 9.33. The van der Waals surface area contributed by atoms with Crippen molar-refractivity contribution in [2.45, 2.75) is 39.2 Å². The number of ether oxygens (including phenoxy) is 3. The number of rotatable bonds is 4. The lowest BCUT2D eigenvalue weighted by Crippen LogP contribution is -2.50. The van der Waals surface area contributed by atoms with Crippen molar-refractivity contribution >= 4 is 12.0 Å². The maximum absolute atomic E-state index is 13.1. The fourth-order valence-corrected chi connectivity index (χ4v) is 3.24. The molecule has 2 saturated heterocycles. The Morgan fingerprint density at radius 2 is 1.79 bits per heavy atom. The van der Waals surface area contributed by atoms with Gasteiger partial charge in [0.05, 0.1) is 18.6 Å². The molecule has 2 amide bonds. The highest BCUT2D eigenvalue weighted by Crippen LogP contribution is 2.37. The Bertz CT molecular complexity index is 456. The summed E-state index contributed by atoms with van der Waals surface area (Å²) in [5.74, 6) is 0.105. The quantitative estimate of drug-likeness (QED) is 0.775. The third kappa shape index (κ3) is 4.60. The number of likely N-dealkylation sites (tertiary alicyclic amines) is 1. The smallest absolute Gasteiger partial charge is 0.410 e. The van der Waals surface area contributed by atoms with Gasteiger partial charge in [0, 0.05) is 39.9 Å². The first-order chi connectivity index (χ1) is 11.3. The summed E-state index contributed by atoms with van der Waals surface area (Å²) in [6.07, 6.45) is 0.904. The molecule has 0 aromatic rings. The summed E-state index contributed by atoms with van der Waals surface area (Å²) < 4.78 is 16.0. The van der Waals surface area contributed by atoms with E-state index in [1.165, 1.54) is 0 Å². The van der Waals surface area contributed by atoms with Crippen molar-refractivity contribution in [3.63, 3.8) is 0 Å². The minimum absolute atomic E-state index is 0.105. The molecule has 0 aliphatic carbocycles.